The topological polar surface area (TPSA) is 26.3 Å². The number of carbonyl (C=O) groups excluding carboxylic acids is 1. The molecule has 4 aliphatic rings. The Kier molecular flexibility index (Phi) is 9.25. The van der Waals surface area contributed by atoms with Gasteiger partial charge in [-0.2, -0.15) is 0 Å². The molecule has 0 aromatic heterocycles. The molecule has 2 heteroatoms. The fraction of sp³-hybridized carbons (Fsp3) is 0.622. The third-order valence-corrected chi connectivity index (χ3v) is 14.9. The summed E-state index contributed by atoms with van der Waals surface area (Å²) in [5.74, 6) is 2.37. The van der Waals surface area contributed by atoms with Crippen molar-refractivity contribution in [1.82, 2.24) is 0 Å². The monoisotopic (exact) mass is 634 g/mol. The number of hydrogen-bond acceptors (Lipinski definition) is 2. The van der Waals surface area contributed by atoms with Gasteiger partial charge in [-0.05, 0) is 121 Å². The summed E-state index contributed by atoms with van der Waals surface area (Å²) in [7, 11) is 0. The van der Waals surface area contributed by atoms with Crippen molar-refractivity contribution in [3.8, 4) is 0 Å². The maximum Gasteiger partial charge on any atom is 0.302 e. The van der Waals surface area contributed by atoms with Gasteiger partial charge in [-0.25, -0.2) is 0 Å². The van der Waals surface area contributed by atoms with Crippen molar-refractivity contribution < 1.29 is 9.53 Å². The lowest BCUT2D eigenvalue weighted by Crippen LogP contribution is -2.55. The second kappa shape index (κ2) is 12.7. The van der Waals surface area contributed by atoms with Gasteiger partial charge in [-0.1, -0.05) is 133 Å². The van der Waals surface area contributed by atoms with Crippen LogP contribution in [0, 0.1) is 45.3 Å². The van der Waals surface area contributed by atoms with E-state index in [0.29, 0.717) is 23.7 Å². The van der Waals surface area contributed by atoms with E-state index in [1.807, 2.05) is 5.57 Å². The van der Waals surface area contributed by atoms with E-state index in [2.05, 4.69) is 116 Å². The maximum atomic E-state index is 12.1. The molecule has 7 atom stereocenters. The van der Waals surface area contributed by atoms with Crippen molar-refractivity contribution in [3.05, 3.63) is 88.5 Å². The Morgan fingerprint density at radius 3 is 1.98 bits per heavy atom. The van der Waals surface area contributed by atoms with E-state index in [-0.39, 0.29) is 33.7 Å². The second-order valence-electron chi connectivity index (χ2n) is 17.7. The third-order valence-electron chi connectivity index (χ3n) is 14.9. The first-order valence-electron chi connectivity index (χ1n) is 19.0. The lowest BCUT2D eigenvalue weighted by molar-refractivity contribution is -0.167. The van der Waals surface area contributed by atoms with Crippen LogP contribution < -0.4 is 0 Å². The summed E-state index contributed by atoms with van der Waals surface area (Å²) in [6, 6.07) is 22.6. The molecule has 2 fully saturated rings. The molecule has 0 unspecified atom stereocenters. The zero-order valence-corrected chi connectivity index (χ0v) is 31.0. The Labute approximate surface area is 286 Å². The molecule has 47 heavy (non-hydrogen) atoms. The highest BCUT2D eigenvalue weighted by Crippen LogP contribution is 2.73. The van der Waals surface area contributed by atoms with Crippen LogP contribution in [0.3, 0.4) is 0 Å². The number of ether oxygens (including phenoxy) is 1. The predicted octanol–water partition coefficient (Wildman–Crippen LogP) is 12.2. The maximum absolute atomic E-state index is 12.1. The van der Waals surface area contributed by atoms with Crippen LogP contribution in [0.5, 0.6) is 0 Å². The number of carbonyl (C=O) groups is 1. The van der Waals surface area contributed by atoms with Gasteiger partial charge in [0.05, 0.1) is 0 Å². The average Bonchev–Trinajstić information content (AvgIpc) is 3.32. The van der Waals surface area contributed by atoms with E-state index < -0.39 is 0 Å². The Morgan fingerprint density at radius 1 is 0.787 bits per heavy atom. The first kappa shape index (κ1) is 34.3. The number of allylic oxidation sites excluding steroid dienone is 3. The minimum atomic E-state index is -0.127. The number of esters is 1. The SMILES string of the molecule is CC(=O)O[C@@H]1CC[C@]2(C)C3=C(CC[C@@H]2C1(C)C)[C@]1(C)CC[C@H](C(CC[C@H](C)C(C)C)=C(c2ccccc2)c2ccccc2)[C@]1(C)CC3. The van der Waals surface area contributed by atoms with Crippen molar-refractivity contribution in [2.75, 3.05) is 0 Å². The molecule has 0 radical (unpaired) electrons. The largest absolute Gasteiger partial charge is 0.462 e. The molecule has 0 spiro atoms. The molecule has 6 rings (SSSR count). The van der Waals surface area contributed by atoms with Crippen LogP contribution in [0.1, 0.15) is 138 Å². The molecule has 0 amide bonds. The molecule has 0 N–H and O–H groups in total. The van der Waals surface area contributed by atoms with Crippen LogP contribution in [0.4, 0.5) is 0 Å². The highest BCUT2D eigenvalue weighted by Gasteiger charge is 2.63. The second-order valence-corrected chi connectivity index (χ2v) is 17.7. The molecule has 2 saturated carbocycles. The molecular formula is C45H62O2. The van der Waals surface area contributed by atoms with Gasteiger partial charge in [0.15, 0.2) is 0 Å². The zero-order chi connectivity index (χ0) is 33.8. The highest BCUT2D eigenvalue weighted by atomic mass is 16.5. The van der Waals surface area contributed by atoms with Crippen LogP contribution in [-0.4, -0.2) is 12.1 Å². The van der Waals surface area contributed by atoms with Crippen molar-refractivity contribution in [1.29, 1.82) is 0 Å². The normalized spacial score (nSPS) is 33.4. The minimum Gasteiger partial charge on any atom is -0.462 e. The van der Waals surface area contributed by atoms with Crippen LogP contribution in [0.2, 0.25) is 0 Å². The highest BCUT2D eigenvalue weighted by molar-refractivity contribution is 5.82. The number of hydrogen-bond donors (Lipinski definition) is 0. The summed E-state index contributed by atoms with van der Waals surface area (Å²) in [5, 5.41) is 0. The molecule has 0 saturated heterocycles. The smallest absolute Gasteiger partial charge is 0.302 e. The Bertz CT molecular complexity index is 1470. The van der Waals surface area contributed by atoms with E-state index in [1.165, 1.54) is 68.1 Å². The molecule has 0 bridgehead atoms. The van der Waals surface area contributed by atoms with Gasteiger partial charge in [-0.3, -0.25) is 4.79 Å². The van der Waals surface area contributed by atoms with E-state index in [0.717, 1.165) is 12.8 Å². The number of rotatable bonds is 8. The van der Waals surface area contributed by atoms with Crippen molar-refractivity contribution in [2.45, 2.75) is 133 Å². The number of benzene rings is 2. The molecule has 254 valence electrons. The predicted molar refractivity (Wildman–Crippen MR) is 197 cm³/mol. The molecule has 2 aromatic carbocycles. The molecular weight excluding hydrogens is 572 g/mol. The molecule has 0 aliphatic heterocycles. The van der Waals surface area contributed by atoms with Gasteiger partial charge in [0, 0.05) is 12.3 Å². The molecule has 2 nitrogen and oxygen atoms in total. The lowest BCUT2D eigenvalue weighted by atomic mass is 9.43. The van der Waals surface area contributed by atoms with Gasteiger partial charge in [0.1, 0.15) is 6.10 Å². The van der Waals surface area contributed by atoms with E-state index in [1.54, 1.807) is 18.1 Å². The number of fused-ring (bicyclic) bond motifs is 4. The Morgan fingerprint density at radius 2 is 1.40 bits per heavy atom. The third kappa shape index (κ3) is 5.68. The van der Waals surface area contributed by atoms with E-state index in [9.17, 15) is 4.79 Å². The van der Waals surface area contributed by atoms with Gasteiger partial charge in [-0.15, -0.1) is 0 Å². The summed E-state index contributed by atoms with van der Waals surface area (Å²) < 4.78 is 5.97. The van der Waals surface area contributed by atoms with E-state index >= 15 is 0 Å². The zero-order valence-electron chi connectivity index (χ0n) is 31.0. The molecule has 0 heterocycles. The quantitative estimate of drug-likeness (QED) is 0.213. The van der Waals surface area contributed by atoms with E-state index in [4.69, 9.17) is 4.74 Å². The van der Waals surface area contributed by atoms with Gasteiger partial charge in [0.2, 0.25) is 0 Å². The van der Waals surface area contributed by atoms with Crippen molar-refractivity contribution >= 4 is 11.5 Å². The van der Waals surface area contributed by atoms with Crippen LogP contribution in [0.25, 0.3) is 5.57 Å². The fourth-order valence-electron chi connectivity index (χ4n) is 11.6. The average molecular weight is 635 g/mol. The first-order chi connectivity index (χ1) is 22.2. The van der Waals surface area contributed by atoms with Crippen LogP contribution in [0.15, 0.2) is 77.4 Å². The van der Waals surface area contributed by atoms with Gasteiger partial charge in [0.25, 0.3) is 0 Å². The molecule has 2 aromatic rings. The van der Waals surface area contributed by atoms with Crippen LogP contribution >= 0.6 is 0 Å². The lowest BCUT2D eigenvalue weighted by Gasteiger charge is -2.62. The fourth-order valence-corrected chi connectivity index (χ4v) is 11.6. The Balaban J connectivity index is 1.45. The standard InChI is InChI=1S/C45H62O2/c1-30(2)31(3)20-21-35(41(33-16-12-10-13-17-33)34-18-14-11-15-19-34)36-24-28-45(9)38-22-23-39-42(5,6)40(47-32(4)46)26-27-43(39,7)37(38)25-29-44(36,45)8/h10-19,30-31,36,39-40H,20-29H2,1-9H3/t31-,36+,39+,40+,43+,44-,45-/m0/s1. The van der Waals surface area contributed by atoms with Crippen molar-refractivity contribution in [2.24, 2.45) is 45.3 Å². The summed E-state index contributed by atoms with van der Waals surface area (Å²) in [6.07, 6.45) is 12.0. The summed E-state index contributed by atoms with van der Waals surface area (Å²) in [5.41, 5.74) is 10.2. The first-order valence-corrected chi connectivity index (χ1v) is 19.0. The van der Waals surface area contributed by atoms with Gasteiger partial charge < -0.3 is 4.74 Å². The summed E-state index contributed by atoms with van der Waals surface area (Å²) in [6.45, 7) is 21.6. The Hall–Kier alpha value is -2.61. The minimum absolute atomic E-state index is 0.0135. The van der Waals surface area contributed by atoms with Crippen LogP contribution in [-0.2, 0) is 9.53 Å². The summed E-state index contributed by atoms with van der Waals surface area (Å²) >= 11 is 0. The van der Waals surface area contributed by atoms with Gasteiger partial charge >= 0.3 is 5.97 Å². The summed E-state index contributed by atoms with van der Waals surface area (Å²) in [4.78, 5) is 12.1. The van der Waals surface area contributed by atoms with Crippen molar-refractivity contribution in [3.63, 3.8) is 0 Å². The molecule has 4 aliphatic carbocycles.